The van der Waals surface area contributed by atoms with Crippen molar-refractivity contribution in [1.29, 1.82) is 0 Å². The Hall–Kier alpha value is -1.85. The Labute approximate surface area is 128 Å². The molecule has 0 unspecified atom stereocenters. The van der Waals surface area contributed by atoms with Crippen molar-refractivity contribution in [2.45, 2.75) is 6.54 Å². The summed E-state index contributed by atoms with van der Waals surface area (Å²) in [5.74, 6) is -0.839. The Morgan fingerprint density at radius 2 is 1.86 bits per heavy atom. The van der Waals surface area contributed by atoms with Crippen LogP contribution in [0.2, 0.25) is 0 Å². The fourth-order valence-electron chi connectivity index (χ4n) is 2.61. The molecule has 1 aliphatic rings. The summed E-state index contributed by atoms with van der Waals surface area (Å²) in [6, 6.07) is 12.3. The maximum absolute atomic E-state index is 10.9. The van der Waals surface area contributed by atoms with Crippen LogP contribution in [-0.4, -0.2) is 42.2 Å². The first kappa shape index (κ1) is 14.1. The van der Waals surface area contributed by atoms with E-state index in [2.05, 4.69) is 34.1 Å². The van der Waals surface area contributed by atoms with E-state index in [4.69, 9.17) is 5.11 Å². The molecule has 0 radical (unpaired) electrons. The highest BCUT2D eigenvalue weighted by atomic mass is 32.1. The molecular weight excluding hydrogens is 284 g/mol. The highest BCUT2D eigenvalue weighted by molar-refractivity contribution is 7.12. The van der Waals surface area contributed by atoms with Crippen molar-refractivity contribution in [1.82, 2.24) is 4.90 Å². The molecule has 1 aliphatic heterocycles. The lowest BCUT2D eigenvalue weighted by atomic mass is 10.2. The van der Waals surface area contributed by atoms with E-state index in [0.717, 1.165) is 38.4 Å². The van der Waals surface area contributed by atoms with Gasteiger partial charge < -0.3 is 10.0 Å². The van der Waals surface area contributed by atoms with Crippen LogP contribution < -0.4 is 4.90 Å². The average Bonchev–Trinajstić information content (AvgIpc) is 2.99. The minimum absolute atomic E-state index is 0.414. The first-order valence-electron chi connectivity index (χ1n) is 7.05. The Kier molecular flexibility index (Phi) is 4.22. The topological polar surface area (TPSA) is 43.8 Å². The second-order valence-electron chi connectivity index (χ2n) is 5.22. The van der Waals surface area contributed by atoms with Crippen molar-refractivity contribution < 1.29 is 9.90 Å². The predicted molar refractivity (Wildman–Crippen MR) is 85.2 cm³/mol. The van der Waals surface area contributed by atoms with Crippen molar-refractivity contribution in [2.75, 3.05) is 31.1 Å². The molecule has 2 aromatic rings. The molecule has 2 heterocycles. The molecule has 21 heavy (non-hydrogen) atoms. The molecule has 110 valence electrons. The van der Waals surface area contributed by atoms with Crippen LogP contribution in [0.5, 0.6) is 0 Å². The lowest BCUT2D eigenvalue weighted by molar-refractivity contribution is 0.0702. The average molecular weight is 302 g/mol. The number of aromatic carboxylic acids is 1. The summed E-state index contributed by atoms with van der Waals surface area (Å²) >= 11 is 1.30. The summed E-state index contributed by atoms with van der Waals surface area (Å²) in [5, 5.41) is 10.9. The Morgan fingerprint density at radius 3 is 2.48 bits per heavy atom. The molecule has 1 aromatic heterocycles. The van der Waals surface area contributed by atoms with E-state index in [0.29, 0.717) is 4.88 Å². The van der Waals surface area contributed by atoms with Gasteiger partial charge in [0.25, 0.3) is 0 Å². The molecule has 1 aromatic carbocycles. The van der Waals surface area contributed by atoms with Gasteiger partial charge in [0.05, 0.1) is 0 Å². The lowest BCUT2D eigenvalue weighted by Crippen LogP contribution is -2.45. The molecule has 0 amide bonds. The van der Waals surface area contributed by atoms with Crippen molar-refractivity contribution >= 4 is 23.0 Å². The van der Waals surface area contributed by atoms with Gasteiger partial charge in [0.1, 0.15) is 4.88 Å². The van der Waals surface area contributed by atoms with Gasteiger partial charge in [-0.25, -0.2) is 4.79 Å². The van der Waals surface area contributed by atoms with E-state index < -0.39 is 5.97 Å². The van der Waals surface area contributed by atoms with Crippen LogP contribution in [0.25, 0.3) is 0 Å². The Balaban J connectivity index is 1.56. The number of thiophene rings is 1. The number of hydrogen-bond acceptors (Lipinski definition) is 4. The molecule has 5 heteroatoms. The second-order valence-corrected chi connectivity index (χ2v) is 6.13. The zero-order valence-electron chi connectivity index (χ0n) is 11.7. The highest BCUT2D eigenvalue weighted by Gasteiger charge is 2.19. The highest BCUT2D eigenvalue weighted by Crippen LogP contribution is 2.24. The van der Waals surface area contributed by atoms with Gasteiger partial charge in [-0.2, -0.15) is 0 Å². The maximum Gasteiger partial charge on any atom is 0.345 e. The fourth-order valence-corrected chi connectivity index (χ4v) is 3.36. The van der Waals surface area contributed by atoms with E-state index in [1.54, 1.807) is 6.07 Å². The lowest BCUT2D eigenvalue weighted by Gasteiger charge is -2.35. The third-order valence-electron chi connectivity index (χ3n) is 3.78. The third kappa shape index (κ3) is 3.43. The molecule has 1 fully saturated rings. The number of anilines is 1. The van der Waals surface area contributed by atoms with Crippen LogP contribution in [0.4, 0.5) is 5.69 Å². The van der Waals surface area contributed by atoms with E-state index in [9.17, 15) is 4.79 Å². The number of benzene rings is 1. The number of carboxylic acids is 1. The van der Waals surface area contributed by atoms with E-state index in [1.165, 1.54) is 16.9 Å². The maximum atomic E-state index is 10.9. The fraction of sp³-hybridized carbons (Fsp3) is 0.312. The molecule has 0 spiro atoms. The number of carbonyl (C=O) groups is 1. The van der Waals surface area contributed by atoms with Gasteiger partial charge in [0.15, 0.2) is 0 Å². The first-order chi connectivity index (χ1) is 10.2. The molecule has 0 atom stereocenters. The molecule has 1 N–H and O–H groups in total. The monoisotopic (exact) mass is 302 g/mol. The normalized spacial score (nSPS) is 16.1. The van der Waals surface area contributed by atoms with Crippen LogP contribution in [0.3, 0.4) is 0 Å². The summed E-state index contributed by atoms with van der Waals surface area (Å²) in [5.41, 5.74) is 2.38. The van der Waals surface area contributed by atoms with Crippen molar-refractivity contribution in [2.24, 2.45) is 0 Å². The van der Waals surface area contributed by atoms with E-state index in [1.807, 2.05) is 11.4 Å². The molecular formula is C16H18N2O2S. The Morgan fingerprint density at radius 1 is 1.14 bits per heavy atom. The van der Waals surface area contributed by atoms with E-state index >= 15 is 0 Å². The predicted octanol–water partition coefficient (Wildman–Crippen LogP) is 2.77. The number of rotatable bonds is 4. The van der Waals surface area contributed by atoms with Gasteiger partial charge in [-0.15, -0.1) is 11.3 Å². The van der Waals surface area contributed by atoms with Gasteiger partial charge in [0.2, 0.25) is 0 Å². The van der Waals surface area contributed by atoms with Crippen molar-refractivity contribution in [3.8, 4) is 0 Å². The van der Waals surface area contributed by atoms with Crippen LogP contribution >= 0.6 is 11.3 Å². The number of hydrogen-bond donors (Lipinski definition) is 1. The zero-order valence-corrected chi connectivity index (χ0v) is 12.6. The minimum atomic E-state index is -0.839. The zero-order chi connectivity index (χ0) is 14.7. The standard InChI is InChI=1S/C16H18N2O2S/c19-16(20)15-10-14(12-21-15)18-8-6-17(7-9-18)11-13-4-2-1-3-5-13/h1-5,10,12H,6-9,11H2,(H,19,20). The Bertz CT molecular complexity index is 604. The summed E-state index contributed by atoms with van der Waals surface area (Å²) in [6.07, 6.45) is 0. The summed E-state index contributed by atoms with van der Waals surface area (Å²) < 4.78 is 0. The largest absolute Gasteiger partial charge is 0.477 e. The van der Waals surface area contributed by atoms with Crippen LogP contribution in [0, 0.1) is 0 Å². The molecule has 0 saturated carbocycles. The summed E-state index contributed by atoms with van der Waals surface area (Å²) in [7, 11) is 0. The van der Waals surface area contributed by atoms with Crippen LogP contribution in [0.15, 0.2) is 41.8 Å². The van der Waals surface area contributed by atoms with Gasteiger partial charge in [-0.1, -0.05) is 30.3 Å². The molecule has 0 aliphatic carbocycles. The van der Waals surface area contributed by atoms with Gasteiger partial charge >= 0.3 is 5.97 Å². The van der Waals surface area contributed by atoms with Crippen molar-refractivity contribution in [3.63, 3.8) is 0 Å². The molecule has 3 rings (SSSR count). The number of carboxylic acid groups (broad SMARTS) is 1. The summed E-state index contributed by atoms with van der Waals surface area (Å²) in [4.78, 5) is 16.1. The minimum Gasteiger partial charge on any atom is -0.477 e. The van der Waals surface area contributed by atoms with Crippen LogP contribution in [-0.2, 0) is 6.54 Å². The second kappa shape index (κ2) is 6.28. The van der Waals surface area contributed by atoms with Gasteiger partial charge in [-0.3, -0.25) is 4.90 Å². The molecule has 0 bridgehead atoms. The SMILES string of the molecule is O=C(O)c1cc(N2CCN(Cc3ccccc3)CC2)cs1. The van der Waals surface area contributed by atoms with Crippen LogP contribution in [0.1, 0.15) is 15.2 Å². The quantitative estimate of drug-likeness (QED) is 0.943. The smallest absolute Gasteiger partial charge is 0.345 e. The number of nitrogens with zero attached hydrogens (tertiary/aromatic N) is 2. The molecule has 4 nitrogen and oxygen atoms in total. The summed E-state index contributed by atoms with van der Waals surface area (Å²) in [6.45, 7) is 4.89. The van der Waals surface area contributed by atoms with E-state index in [-0.39, 0.29) is 0 Å². The third-order valence-corrected chi connectivity index (χ3v) is 4.69. The first-order valence-corrected chi connectivity index (χ1v) is 7.93. The molecule has 1 saturated heterocycles. The van der Waals surface area contributed by atoms with Crippen molar-refractivity contribution in [3.05, 3.63) is 52.2 Å². The number of piperazine rings is 1. The van der Waals surface area contributed by atoms with Gasteiger partial charge in [-0.05, 0) is 11.6 Å². The van der Waals surface area contributed by atoms with Gasteiger partial charge in [0, 0.05) is 43.8 Å².